The van der Waals surface area contributed by atoms with Gasteiger partial charge in [0.1, 0.15) is 11.6 Å². The van der Waals surface area contributed by atoms with E-state index in [9.17, 15) is 16.8 Å². The average Bonchev–Trinajstić information content (AvgIpc) is 3.82. The molecule has 2 N–H and O–H groups in total. The molecular formula is C42H51N6O6S2+. The molecule has 4 heterocycles. The number of allylic oxidation sites excluding steroid dienone is 3. The maximum atomic E-state index is 12.8. The molecule has 1 aliphatic carbocycles. The molecule has 14 heteroatoms. The minimum absolute atomic E-state index is 0.0983. The zero-order valence-electron chi connectivity index (χ0n) is 32.0. The van der Waals surface area contributed by atoms with Gasteiger partial charge in [0.25, 0.3) is 20.0 Å². The summed E-state index contributed by atoms with van der Waals surface area (Å²) in [6.45, 7) is 9.05. The molecule has 12 nitrogen and oxygen atoms in total. The van der Waals surface area contributed by atoms with Crippen LogP contribution in [-0.4, -0.2) is 76.2 Å². The third-order valence-corrected chi connectivity index (χ3v) is 13.5. The van der Waals surface area contributed by atoms with Crippen molar-refractivity contribution in [1.82, 2.24) is 9.78 Å². The fourth-order valence-corrected chi connectivity index (χ4v) is 9.48. The number of rotatable bonds is 12. The predicted molar refractivity (Wildman–Crippen MR) is 221 cm³/mol. The molecule has 0 radical (unpaired) electrons. The first-order chi connectivity index (χ1) is 27.1. The molecule has 296 valence electrons. The van der Waals surface area contributed by atoms with Gasteiger partial charge in [-0.05, 0) is 121 Å². The van der Waals surface area contributed by atoms with Gasteiger partial charge in [-0.25, -0.2) is 16.8 Å². The molecule has 8 rings (SSSR count). The van der Waals surface area contributed by atoms with Crippen molar-refractivity contribution in [2.75, 3.05) is 42.4 Å². The molecule has 0 saturated carbocycles. The Morgan fingerprint density at radius 2 is 1.34 bits per heavy atom. The summed E-state index contributed by atoms with van der Waals surface area (Å²) >= 11 is 0. The highest BCUT2D eigenvalue weighted by Gasteiger charge is 2.32. The van der Waals surface area contributed by atoms with E-state index in [1.807, 2.05) is 45.9 Å². The van der Waals surface area contributed by atoms with E-state index in [-0.39, 0.29) is 15.7 Å². The summed E-state index contributed by atoms with van der Waals surface area (Å²) in [5, 5.41) is 9.94. The van der Waals surface area contributed by atoms with Crippen LogP contribution in [0, 0.1) is 17.8 Å². The van der Waals surface area contributed by atoms with Gasteiger partial charge in [0.05, 0.1) is 21.5 Å². The van der Waals surface area contributed by atoms with Crippen LogP contribution in [0.1, 0.15) is 50.7 Å². The third kappa shape index (κ3) is 9.84. The molecule has 4 aliphatic rings. The van der Waals surface area contributed by atoms with Crippen molar-refractivity contribution >= 4 is 54.3 Å². The van der Waals surface area contributed by atoms with Crippen molar-refractivity contribution in [3.8, 4) is 0 Å². The van der Waals surface area contributed by atoms with Gasteiger partial charge >= 0.3 is 0 Å². The van der Waals surface area contributed by atoms with Crippen LogP contribution < -0.4 is 9.44 Å². The van der Waals surface area contributed by atoms with Crippen LogP contribution in [0.4, 0.5) is 11.4 Å². The molecule has 1 aromatic heterocycles. The standard InChI is InChI=1S/C21H25N3O3S.C21H26N3O3S/c1-2-16-3-5-19(6-4-16)23-28(25,26)20-7-8-21-18(13-20)14-22-24(21)15-17-9-11-27-12-10-17;1-2-16-3-5-19(6-4-16)23-28(25,26)20-7-8-21-18(13-20)15-24(22-21)14-17-9-11-27-12-10-17/h3-8,13-14,17,23H,2,9-12,15H2,1H3;3-8,13,15,17-18,23H,2,9-12,14H2,1H3/q;+1. The fraction of sp³-hybridized carbons (Fsp3) is 0.405. The number of fused-ring (bicyclic) bond motifs is 2. The molecule has 3 aromatic carbocycles. The molecule has 56 heavy (non-hydrogen) atoms. The Balaban J connectivity index is 0.000000172. The van der Waals surface area contributed by atoms with E-state index in [4.69, 9.17) is 9.47 Å². The number of hydrogen-bond donors (Lipinski definition) is 2. The number of aromatic nitrogens is 2. The molecule has 1 atom stereocenters. The van der Waals surface area contributed by atoms with E-state index in [1.165, 1.54) is 11.1 Å². The normalized spacial score (nSPS) is 19.0. The van der Waals surface area contributed by atoms with Crippen LogP contribution in [0.15, 0.2) is 106 Å². The lowest BCUT2D eigenvalue weighted by molar-refractivity contribution is -0.534. The van der Waals surface area contributed by atoms with Crippen molar-refractivity contribution < 1.29 is 31.0 Å². The molecule has 3 aliphatic heterocycles. The number of anilines is 2. The number of benzene rings is 3. The number of aryl methyl sites for hydroxylation is 2. The van der Waals surface area contributed by atoms with Crippen molar-refractivity contribution in [1.29, 1.82) is 0 Å². The van der Waals surface area contributed by atoms with E-state index >= 15 is 0 Å². The summed E-state index contributed by atoms with van der Waals surface area (Å²) < 4.78 is 71.2. The molecule has 1 unspecified atom stereocenters. The van der Waals surface area contributed by atoms with Crippen LogP contribution >= 0.6 is 0 Å². The SMILES string of the molecule is CCc1ccc(NS(=O)(=O)C2=CC3C=[N+](CC4CCOCC4)N=C3C=C2)cc1.CCc1ccc(NS(=O)(=O)c2ccc3c(cnn3CC3CCOCC3)c2)cc1. The van der Waals surface area contributed by atoms with Crippen LogP contribution in [-0.2, 0) is 48.9 Å². The highest BCUT2D eigenvalue weighted by Crippen LogP contribution is 2.26. The minimum atomic E-state index is -3.65. The second kappa shape index (κ2) is 17.7. The number of sulfonamides is 2. The first kappa shape index (κ1) is 39.6. The third-order valence-electron chi connectivity index (χ3n) is 10.7. The molecule has 0 amide bonds. The molecule has 0 spiro atoms. The first-order valence-corrected chi connectivity index (χ1v) is 22.5. The molecule has 4 aromatic rings. The number of hydrogen-bond acceptors (Lipinski definition) is 8. The average molecular weight is 800 g/mol. The van der Waals surface area contributed by atoms with Crippen LogP contribution in [0.25, 0.3) is 10.9 Å². The molecule has 2 saturated heterocycles. The highest BCUT2D eigenvalue weighted by molar-refractivity contribution is 7.96. The summed E-state index contributed by atoms with van der Waals surface area (Å²) in [4.78, 5) is 0.519. The summed E-state index contributed by atoms with van der Waals surface area (Å²) in [5.41, 5.74) is 5.32. The van der Waals surface area contributed by atoms with Crippen LogP contribution in [0.3, 0.4) is 0 Å². The number of ether oxygens (including phenoxy) is 2. The Morgan fingerprint density at radius 3 is 1.95 bits per heavy atom. The van der Waals surface area contributed by atoms with Gasteiger partial charge in [0.15, 0.2) is 12.8 Å². The maximum absolute atomic E-state index is 12.8. The maximum Gasteiger partial charge on any atom is 0.261 e. The first-order valence-electron chi connectivity index (χ1n) is 19.5. The van der Waals surface area contributed by atoms with Gasteiger partial charge in [-0.2, -0.15) is 5.10 Å². The van der Waals surface area contributed by atoms with E-state index in [2.05, 4.69) is 33.5 Å². The Labute approximate surface area is 330 Å². The van der Waals surface area contributed by atoms with Crippen molar-refractivity contribution in [3.63, 3.8) is 0 Å². The second-order valence-electron chi connectivity index (χ2n) is 14.7. The Morgan fingerprint density at radius 1 is 0.750 bits per heavy atom. The number of nitrogens with zero attached hydrogens (tertiary/aromatic N) is 4. The van der Waals surface area contributed by atoms with Crippen molar-refractivity contribution in [2.45, 2.75) is 63.8 Å². The summed E-state index contributed by atoms with van der Waals surface area (Å²) in [6.07, 6.45) is 15.0. The Kier molecular flexibility index (Phi) is 12.5. The van der Waals surface area contributed by atoms with E-state index in [0.717, 1.165) is 94.7 Å². The fourth-order valence-electron chi connectivity index (χ4n) is 7.25. The Bertz CT molecular complexity index is 2340. The largest absolute Gasteiger partial charge is 0.381 e. The lowest BCUT2D eigenvalue weighted by Crippen LogP contribution is -2.23. The van der Waals surface area contributed by atoms with Crippen molar-refractivity contribution in [2.24, 2.45) is 22.9 Å². The predicted octanol–water partition coefficient (Wildman–Crippen LogP) is 6.77. The second-order valence-corrected chi connectivity index (χ2v) is 18.1. The quantitative estimate of drug-likeness (QED) is 0.151. The van der Waals surface area contributed by atoms with Gasteiger partial charge in [-0.3, -0.25) is 14.1 Å². The van der Waals surface area contributed by atoms with Gasteiger partial charge in [-0.15, -0.1) is 0 Å². The van der Waals surface area contributed by atoms with E-state index in [1.54, 1.807) is 60.8 Å². The lowest BCUT2D eigenvalue weighted by Gasteiger charge is -2.22. The van der Waals surface area contributed by atoms with Crippen LogP contribution in [0.5, 0.6) is 0 Å². The number of nitrogens with one attached hydrogen (secondary N) is 2. The Hall–Kier alpha value is -4.63. The molecular weight excluding hydrogens is 749 g/mol. The van der Waals surface area contributed by atoms with Gasteiger partial charge in [0.2, 0.25) is 0 Å². The summed E-state index contributed by atoms with van der Waals surface area (Å²) in [6, 6.07) is 20.1. The topological polar surface area (TPSA) is 144 Å². The molecule has 2 fully saturated rings. The van der Waals surface area contributed by atoms with Gasteiger partial charge < -0.3 is 9.47 Å². The summed E-state index contributed by atoms with van der Waals surface area (Å²) in [5.74, 6) is 1.02. The zero-order chi connectivity index (χ0) is 39.1. The van der Waals surface area contributed by atoms with Crippen molar-refractivity contribution in [3.05, 3.63) is 107 Å². The van der Waals surface area contributed by atoms with E-state index < -0.39 is 20.0 Å². The molecule has 0 bridgehead atoms. The smallest absolute Gasteiger partial charge is 0.261 e. The van der Waals surface area contributed by atoms with Gasteiger partial charge in [-0.1, -0.05) is 42.8 Å². The van der Waals surface area contributed by atoms with Gasteiger partial charge in [0, 0.05) is 55.7 Å². The lowest BCUT2D eigenvalue weighted by atomic mass is 10.00. The minimum Gasteiger partial charge on any atom is -0.381 e. The summed E-state index contributed by atoms with van der Waals surface area (Å²) in [7, 11) is -7.27. The number of hydrazone groups is 1. The van der Waals surface area contributed by atoms with E-state index in [0.29, 0.717) is 23.2 Å². The highest BCUT2D eigenvalue weighted by atomic mass is 32.2. The van der Waals surface area contributed by atoms with Crippen LogP contribution in [0.2, 0.25) is 0 Å². The monoisotopic (exact) mass is 799 g/mol. The zero-order valence-corrected chi connectivity index (χ0v) is 33.6.